The van der Waals surface area contributed by atoms with Crippen LogP contribution in [0.3, 0.4) is 0 Å². The first-order valence-electron chi connectivity index (χ1n) is 20.1. The predicted octanol–water partition coefficient (Wildman–Crippen LogP) is 16.1. The molecule has 0 atom stereocenters. The summed E-state index contributed by atoms with van der Waals surface area (Å²) in [5, 5.41) is 7.20. The molecule has 9 aromatic carbocycles. The van der Waals surface area contributed by atoms with Crippen molar-refractivity contribution in [3.8, 4) is 33.4 Å². The Morgan fingerprint density at radius 1 is 0.414 bits per heavy atom. The number of benzene rings is 9. The molecule has 0 fully saturated rings. The highest BCUT2D eigenvalue weighted by molar-refractivity contribution is 6.19. The van der Waals surface area contributed by atoms with Gasteiger partial charge in [0.15, 0.2) is 0 Å². The first-order chi connectivity index (χ1) is 28.8. The van der Waals surface area contributed by atoms with E-state index in [9.17, 15) is 0 Å². The van der Waals surface area contributed by atoms with Crippen molar-refractivity contribution in [2.75, 3.05) is 4.90 Å². The van der Waals surface area contributed by atoms with Gasteiger partial charge in [0, 0.05) is 27.7 Å². The summed E-state index contributed by atoms with van der Waals surface area (Å²) >= 11 is 0. The molecular formula is C56H39NO. The van der Waals surface area contributed by atoms with Crippen molar-refractivity contribution < 1.29 is 4.42 Å². The highest BCUT2D eigenvalue weighted by Crippen LogP contribution is 2.46. The van der Waals surface area contributed by atoms with Crippen LogP contribution in [-0.4, -0.2) is 0 Å². The van der Waals surface area contributed by atoms with Crippen LogP contribution in [0.15, 0.2) is 217 Å². The topological polar surface area (TPSA) is 16.4 Å². The lowest BCUT2D eigenvalue weighted by Gasteiger charge is -2.29. The summed E-state index contributed by atoms with van der Waals surface area (Å²) in [6.07, 6.45) is 8.79. The van der Waals surface area contributed by atoms with Gasteiger partial charge in [-0.2, -0.15) is 0 Å². The maximum atomic E-state index is 6.33. The monoisotopic (exact) mass is 741 g/mol. The van der Waals surface area contributed by atoms with E-state index >= 15 is 0 Å². The van der Waals surface area contributed by atoms with Crippen molar-refractivity contribution in [2.45, 2.75) is 12.8 Å². The normalized spacial score (nSPS) is 12.7. The maximum Gasteiger partial charge on any atom is 0.136 e. The number of fused-ring (bicyclic) bond motifs is 6. The highest BCUT2D eigenvalue weighted by Gasteiger charge is 2.22. The highest BCUT2D eigenvalue weighted by atomic mass is 16.3. The third kappa shape index (κ3) is 5.90. The molecule has 0 aliphatic heterocycles. The molecule has 0 amide bonds. The molecule has 2 heteroatoms. The molecular weight excluding hydrogens is 703 g/mol. The van der Waals surface area contributed by atoms with Gasteiger partial charge in [0.1, 0.15) is 11.2 Å². The van der Waals surface area contributed by atoms with E-state index < -0.39 is 0 Å². The zero-order valence-corrected chi connectivity index (χ0v) is 32.0. The third-order valence-corrected chi connectivity index (χ3v) is 11.7. The Labute approximate surface area is 338 Å². The van der Waals surface area contributed by atoms with E-state index in [4.69, 9.17) is 4.42 Å². The quantitative estimate of drug-likeness (QED) is 0.162. The molecule has 0 saturated heterocycles. The molecule has 0 spiro atoms. The van der Waals surface area contributed by atoms with Crippen LogP contribution in [0, 0.1) is 0 Å². The minimum atomic E-state index is 0.917. The molecule has 274 valence electrons. The van der Waals surface area contributed by atoms with Gasteiger partial charge in [0.05, 0.1) is 5.69 Å². The van der Waals surface area contributed by atoms with E-state index in [1.165, 1.54) is 71.4 Å². The van der Waals surface area contributed by atoms with Crippen molar-refractivity contribution >= 4 is 66.1 Å². The Morgan fingerprint density at radius 2 is 1.10 bits per heavy atom. The molecule has 1 heterocycles. The second kappa shape index (κ2) is 14.3. The summed E-state index contributed by atoms with van der Waals surface area (Å²) in [7, 11) is 0. The molecule has 58 heavy (non-hydrogen) atoms. The van der Waals surface area contributed by atoms with Crippen LogP contribution in [0.5, 0.6) is 0 Å². The maximum absolute atomic E-state index is 6.33. The summed E-state index contributed by atoms with van der Waals surface area (Å²) in [5.74, 6) is 0. The number of furan rings is 1. The minimum absolute atomic E-state index is 0.917. The second-order valence-electron chi connectivity index (χ2n) is 15.2. The smallest absolute Gasteiger partial charge is 0.136 e. The summed E-state index contributed by atoms with van der Waals surface area (Å²) in [6, 6.07) is 70.4. The van der Waals surface area contributed by atoms with Crippen LogP contribution in [0.1, 0.15) is 18.4 Å². The average molecular weight is 742 g/mol. The van der Waals surface area contributed by atoms with Gasteiger partial charge in [-0.15, -0.1) is 0 Å². The molecule has 0 unspecified atom stereocenters. The van der Waals surface area contributed by atoms with E-state index in [2.05, 4.69) is 211 Å². The van der Waals surface area contributed by atoms with Crippen LogP contribution < -0.4 is 4.90 Å². The molecule has 1 aromatic heterocycles. The largest absolute Gasteiger partial charge is 0.456 e. The SMILES string of the molecule is C1=CCCC(c2cc(N(c3ccc(-c4ccccc4)cc3)c3ccccc3-c3cccc4ccccc34)ccc2-c2ccc3ccc4oc5ccccc5c4c3c2)=C1. The van der Waals surface area contributed by atoms with Gasteiger partial charge in [0.2, 0.25) is 0 Å². The van der Waals surface area contributed by atoms with E-state index in [0.717, 1.165) is 46.5 Å². The number of rotatable bonds is 7. The molecule has 1 aliphatic carbocycles. The number of hydrogen-bond donors (Lipinski definition) is 0. The van der Waals surface area contributed by atoms with Crippen LogP contribution in [0.25, 0.3) is 82.4 Å². The van der Waals surface area contributed by atoms with Gasteiger partial charge in [-0.05, 0) is 122 Å². The van der Waals surface area contributed by atoms with Gasteiger partial charge >= 0.3 is 0 Å². The van der Waals surface area contributed by atoms with Gasteiger partial charge in [0.25, 0.3) is 0 Å². The fourth-order valence-corrected chi connectivity index (χ4v) is 8.94. The predicted molar refractivity (Wildman–Crippen MR) is 246 cm³/mol. The minimum Gasteiger partial charge on any atom is -0.456 e. The molecule has 0 bridgehead atoms. The van der Waals surface area contributed by atoms with E-state index in [0.29, 0.717) is 0 Å². The van der Waals surface area contributed by atoms with Crippen LogP contribution in [0.4, 0.5) is 17.1 Å². The number of anilines is 3. The fourth-order valence-electron chi connectivity index (χ4n) is 8.94. The van der Waals surface area contributed by atoms with Gasteiger partial charge < -0.3 is 9.32 Å². The number of hydrogen-bond acceptors (Lipinski definition) is 2. The van der Waals surface area contributed by atoms with Gasteiger partial charge in [-0.25, -0.2) is 0 Å². The van der Waals surface area contributed by atoms with E-state index in [1.807, 2.05) is 6.07 Å². The Balaban J connectivity index is 1.13. The summed E-state index contributed by atoms with van der Waals surface area (Å²) in [5.41, 5.74) is 15.0. The number of para-hydroxylation sites is 2. The van der Waals surface area contributed by atoms with Crippen LogP contribution in [0.2, 0.25) is 0 Å². The lowest BCUT2D eigenvalue weighted by Crippen LogP contribution is -2.12. The molecule has 11 rings (SSSR count). The molecule has 10 aromatic rings. The summed E-state index contributed by atoms with van der Waals surface area (Å²) in [4.78, 5) is 2.44. The van der Waals surface area contributed by atoms with Crippen LogP contribution >= 0.6 is 0 Å². The molecule has 0 radical (unpaired) electrons. The van der Waals surface area contributed by atoms with E-state index in [-0.39, 0.29) is 0 Å². The third-order valence-electron chi connectivity index (χ3n) is 11.7. The van der Waals surface area contributed by atoms with Crippen molar-refractivity contribution in [1.29, 1.82) is 0 Å². The Hall–Kier alpha value is -7.42. The fraction of sp³-hybridized carbons (Fsp3) is 0.0357. The Morgan fingerprint density at radius 3 is 1.98 bits per heavy atom. The molecule has 0 N–H and O–H groups in total. The summed E-state index contributed by atoms with van der Waals surface area (Å²) in [6.45, 7) is 0. The zero-order chi connectivity index (χ0) is 38.4. The lowest BCUT2D eigenvalue weighted by atomic mass is 9.88. The van der Waals surface area contributed by atoms with Gasteiger partial charge in [-0.3, -0.25) is 0 Å². The van der Waals surface area contributed by atoms with Crippen LogP contribution in [-0.2, 0) is 0 Å². The Bertz CT molecular complexity index is 3220. The van der Waals surface area contributed by atoms with Crippen molar-refractivity contribution in [1.82, 2.24) is 0 Å². The average Bonchev–Trinajstić information content (AvgIpc) is 3.69. The Kier molecular flexibility index (Phi) is 8.33. The number of allylic oxidation sites excluding steroid dienone is 4. The first kappa shape index (κ1) is 33.9. The van der Waals surface area contributed by atoms with Gasteiger partial charge in [-0.1, -0.05) is 164 Å². The van der Waals surface area contributed by atoms with E-state index in [1.54, 1.807) is 0 Å². The number of nitrogens with zero attached hydrogens (tertiary/aromatic N) is 1. The van der Waals surface area contributed by atoms with Crippen molar-refractivity contribution in [2.24, 2.45) is 0 Å². The first-order valence-corrected chi connectivity index (χ1v) is 20.1. The molecule has 1 aliphatic rings. The lowest BCUT2D eigenvalue weighted by molar-refractivity contribution is 0.669. The molecule has 0 saturated carbocycles. The zero-order valence-electron chi connectivity index (χ0n) is 32.0. The molecule has 2 nitrogen and oxygen atoms in total. The summed E-state index contributed by atoms with van der Waals surface area (Å²) < 4.78 is 6.33. The second-order valence-corrected chi connectivity index (χ2v) is 15.2. The standard InChI is InChI=1S/C56H39NO/c1-3-14-38(15-4-1)39-28-31-44(32-29-39)57(53-24-11-9-21-49(53)48-23-13-19-40-18-7-8-20-46(40)48)45-33-34-47(51(37-45)41-16-5-2-6-17-41)43-27-26-42-30-35-55-56(52(42)36-43)50-22-10-12-25-54(50)58-55/h1-5,7-16,18-37H,6,17H2. The van der Waals surface area contributed by atoms with Crippen molar-refractivity contribution in [3.05, 3.63) is 218 Å². The van der Waals surface area contributed by atoms with Crippen molar-refractivity contribution in [3.63, 3.8) is 0 Å².